The first-order valence-electron chi connectivity index (χ1n) is 9.13. The van der Waals surface area contributed by atoms with Crippen molar-refractivity contribution in [1.82, 2.24) is 15.2 Å². The molecule has 2 amide bonds. The van der Waals surface area contributed by atoms with Crippen LogP contribution in [0.25, 0.3) is 0 Å². The zero-order chi connectivity index (χ0) is 21.0. The maximum absolute atomic E-state index is 12.8. The summed E-state index contributed by atoms with van der Waals surface area (Å²) in [5, 5.41) is 21.9. The number of phenols is 2. The third-order valence-corrected chi connectivity index (χ3v) is 5.53. The van der Waals surface area contributed by atoms with Gasteiger partial charge in [-0.3, -0.25) is 14.4 Å². The van der Waals surface area contributed by atoms with Crippen molar-refractivity contribution in [2.75, 3.05) is 6.54 Å². The predicted molar refractivity (Wildman–Crippen MR) is 107 cm³/mol. The van der Waals surface area contributed by atoms with Crippen molar-refractivity contribution in [1.29, 1.82) is 0 Å². The maximum atomic E-state index is 12.8. The van der Waals surface area contributed by atoms with Gasteiger partial charge in [0.05, 0.1) is 0 Å². The van der Waals surface area contributed by atoms with Crippen molar-refractivity contribution in [3.63, 3.8) is 0 Å². The van der Waals surface area contributed by atoms with Crippen molar-refractivity contribution < 1.29 is 24.6 Å². The summed E-state index contributed by atoms with van der Waals surface area (Å²) in [6, 6.07) is 7.52. The van der Waals surface area contributed by atoms with Gasteiger partial charge >= 0.3 is 0 Å². The molecular formula is C20H21N3O5S. The number of nitrogens with one attached hydrogen (secondary N) is 1. The summed E-state index contributed by atoms with van der Waals surface area (Å²) in [4.78, 5) is 43.5. The molecule has 0 aliphatic carbocycles. The lowest BCUT2D eigenvalue weighted by Crippen LogP contribution is -2.50. The molecule has 1 aromatic carbocycles. The summed E-state index contributed by atoms with van der Waals surface area (Å²) in [6.07, 6.45) is 2.88. The molecule has 29 heavy (non-hydrogen) atoms. The molecule has 1 saturated heterocycles. The number of benzene rings is 1. The molecule has 1 aliphatic rings. The average molecular weight is 415 g/mol. The van der Waals surface area contributed by atoms with Crippen LogP contribution in [0, 0.1) is 0 Å². The fraction of sp³-hybridized carbons (Fsp3) is 0.300. The highest BCUT2D eigenvalue weighted by atomic mass is 32.2. The van der Waals surface area contributed by atoms with Gasteiger partial charge in [-0.2, -0.15) is 0 Å². The lowest BCUT2D eigenvalue weighted by molar-refractivity contribution is -0.136. The Morgan fingerprint density at radius 2 is 2.00 bits per heavy atom. The van der Waals surface area contributed by atoms with E-state index in [4.69, 9.17) is 0 Å². The van der Waals surface area contributed by atoms with E-state index in [0.29, 0.717) is 24.4 Å². The van der Waals surface area contributed by atoms with Gasteiger partial charge in [0.2, 0.25) is 11.0 Å². The minimum absolute atomic E-state index is 0.111. The first kappa shape index (κ1) is 20.7. The lowest BCUT2D eigenvalue weighted by atomic mass is 10.1. The number of carbonyl (C=O) groups excluding carboxylic acids is 3. The molecule has 1 aliphatic heterocycles. The van der Waals surface area contributed by atoms with E-state index < -0.39 is 23.7 Å². The predicted octanol–water partition coefficient (Wildman–Crippen LogP) is 1.92. The second-order valence-corrected chi connectivity index (χ2v) is 7.70. The largest absolute Gasteiger partial charge is 0.504 e. The molecule has 2 aromatic rings. The molecule has 1 fully saturated rings. The Kier molecular flexibility index (Phi) is 6.38. The van der Waals surface area contributed by atoms with E-state index in [-0.39, 0.29) is 22.3 Å². The van der Waals surface area contributed by atoms with Crippen LogP contribution in [0.15, 0.2) is 47.6 Å². The minimum Gasteiger partial charge on any atom is -0.504 e. The van der Waals surface area contributed by atoms with Gasteiger partial charge in [0.1, 0.15) is 17.1 Å². The Hall–Kier alpha value is -3.07. The smallest absolute Gasteiger partial charge is 0.252 e. The molecule has 0 bridgehead atoms. The monoisotopic (exact) mass is 415 g/mol. The van der Waals surface area contributed by atoms with Gasteiger partial charge in [-0.05, 0) is 61.9 Å². The zero-order valence-corrected chi connectivity index (χ0v) is 16.6. The quantitative estimate of drug-likeness (QED) is 0.504. The highest BCUT2D eigenvalue weighted by Gasteiger charge is 2.36. The molecule has 2 atom stereocenters. The Balaban J connectivity index is 1.63. The summed E-state index contributed by atoms with van der Waals surface area (Å²) in [5.74, 6) is -1.67. The molecule has 1 aromatic heterocycles. The van der Waals surface area contributed by atoms with E-state index in [1.165, 1.54) is 17.0 Å². The van der Waals surface area contributed by atoms with Crippen LogP contribution >= 0.6 is 11.8 Å². The number of rotatable bonds is 5. The number of aromatic nitrogens is 1. The number of phenolic OH excluding ortho intramolecular Hbond substituents is 2. The van der Waals surface area contributed by atoms with Gasteiger partial charge < -0.3 is 20.4 Å². The normalized spacial score (nSPS) is 17.0. The molecule has 3 N–H and O–H groups in total. The van der Waals surface area contributed by atoms with E-state index in [1.54, 1.807) is 31.3 Å². The summed E-state index contributed by atoms with van der Waals surface area (Å²) < 4.78 is 0. The number of pyridine rings is 1. The second kappa shape index (κ2) is 8.95. The van der Waals surface area contributed by atoms with E-state index >= 15 is 0 Å². The van der Waals surface area contributed by atoms with Crippen LogP contribution in [0.2, 0.25) is 0 Å². The third kappa shape index (κ3) is 4.86. The fourth-order valence-corrected chi connectivity index (χ4v) is 3.96. The van der Waals surface area contributed by atoms with Crippen LogP contribution in [-0.2, 0) is 9.59 Å². The molecule has 0 saturated carbocycles. The van der Waals surface area contributed by atoms with Gasteiger partial charge in [0, 0.05) is 18.3 Å². The Bertz CT molecular complexity index is 922. The van der Waals surface area contributed by atoms with Crippen LogP contribution in [0.3, 0.4) is 0 Å². The number of thioether (sulfide) groups is 1. The number of nitrogens with zero attached hydrogens (tertiary/aromatic N) is 2. The van der Waals surface area contributed by atoms with E-state index in [9.17, 15) is 24.6 Å². The zero-order valence-electron chi connectivity index (χ0n) is 15.7. The lowest BCUT2D eigenvalue weighted by Gasteiger charge is -2.26. The minimum atomic E-state index is -0.855. The van der Waals surface area contributed by atoms with Gasteiger partial charge in [-0.15, -0.1) is 0 Å². The van der Waals surface area contributed by atoms with Crippen LogP contribution in [0.5, 0.6) is 11.5 Å². The van der Waals surface area contributed by atoms with E-state index in [2.05, 4.69) is 10.3 Å². The van der Waals surface area contributed by atoms with E-state index in [0.717, 1.165) is 17.8 Å². The average Bonchev–Trinajstić information content (AvgIpc) is 3.20. The number of hydrogen-bond acceptors (Lipinski definition) is 7. The van der Waals surface area contributed by atoms with Gasteiger partial charge in [-0.1, -0.05) is 6.07 Å². The van der Waals surface area contributed by atoms with Crippen molar-refractivity contribution in [2.45, 2.75) is 36.9 Å². The number of likely N-dealkylation sites (tertiary alicyclic amines) is 1. The standard InChI is InChI=1S/C20H21N3O5S/c1-12(22-18(26)13-7-8-15(24)16(25)11-13)19(27)23-10-4-5-14(23)20(28)29-17-6-2-3-9-21-17/h2-3,6-9,11-12,14,24-25H,4-5,10H2,1H3,(H,22,26). The van der Waals surface area contributed by atoms with Crippen LogP contribution < -0.4 is 5.32 Å². The topological polar surface area (TPSA) is 120 Å². The molecular weight excluding hydrogens is 394 g/mol. The van der Waals surface area contributed by atoms with E-state index in [1.807, 2.05) is 0 Å². The van der Waals surface area contributed by atoms with Gasteiger partial charge in [0.15, 0.2) is 11.5 Å². The summed E-state index contributed by atoms with van der Waals surface area (Å²) in [5.41, 5.74) is 0.111. The van der Waals surface area contributed by atoms with Crippen molar-refractivity contribution in [2.24, 2.45) is 0 Å². The molecule has 0 radical (unpaired) electrons. The van der Waals surface area contributed by atoms with Gasteiger partial charge in [-0.25, -0.2) is 4.98 Å². The van der Waals surface area contributed by atoms with Crippen molar-refractivity contribution in [3.8, 4) is 11.5 Å². The number of hydrogen-bond donors (Lipinski definition) is 3. The highest BCUT2D eigenvalue weighted by molar-refractivity contribution is 8.13. The maximum Gasteiger partial charge on any atom is 0.252 e. The van der Waals surface area contributed by atoms with Gasteiger partial charge in [0.25, 0.3) is 5.91 Å². The molecule has 152 valence electrons. The molecule has 8 nitrogen and oxygen atoms in total. The Morgan fingerprint density at radius 1 is 1.21 bits per heavy atom. The number of carbonyl (C=O) groups is 3. The fourth-order valence-electron chi connectivity index (χ4n) is 3.11. The van der Waals surface area contributed by atoms with Crippen LogP contribution in [0.4, 0.5) is 0 Å². The summed E-state index contributed by atoms with van der Waals surface area (Å²) >= 11 is 1.00. The molecule has 9 heteroatoms. The Morgan fingerprint density at radius 3 is 2.69 bits per heavy atom. The molecule has 0 spiro atoms. The van der Waals surface area contributed by atoms with Crippen molar-refractivity contribution >= 4 is 28.7 Å². The SMILES string of the molecule is CC(NC(=O)c1ccc(O)c(O)c1)C(=O)N1CCCC1C(=O)Sc1ccccn1. The first-order chi connectivity index (χ1) is 13.9. The van der Waals surface area contributed by atoms with Crippen LogP contribution in [0.1, 0.15) is 30.1 Å². The number of aromatic hydroxyl groups is 2. The Labute approximate surface area is 171 Å². The summed E-state index contributed by atoms with van der Waals surface area (Å²) in [6.45, 7) is 1.99. The third-order valence-electron chi connectivity index (χ3n) is 4.61. The van der Waals surface area contributed by atoms with Crippen molar-refractivity contribution in [3.05, 3.63) is 48.2 Å². The summed E-state index contributed by atoms with van der Waals surface area (Å²) in [7, 11) is 0. The number of amides is 2. The molecule has 2 heterocycles. The highest BCUT2D eigenvalue weighted by Crippen LogP contribution is 2.27. The molecule has 2 unspecified atom stereocenters. The molecule has 3 rings (SSSR count). The van der Waals surface area contributed by atoms with Crippen LogP contribution in [-0.4, -0.2) is 55.7 Å². The second-order valence-electron chi connectivity index (χ2n) is 6.68. The first-order valence-corrected chi connectivity index (χ1v) is 9.94.